The molecule has 0 bridgehead atoms. The number of urea groups is 1. The summed E-state index contributed by atoms with van der Waals surface area (Å²) in [6.45, 7) is 1.87. The molecule has 16 heavy (non-hydrogen) atoms. The van der Waals surface area contributed by atoms with Gasteiger partial charge in [0.05, 0.1) is 0 Å². The molecule has 0 saturated carbocycles. The largest absolute Gasteiger partial charge is 0.325 e. The molecule has 1 rings (SSSR count). The Morgan fingerprint density at radius 3 is 2.44 bits per heavy atom. The Kier molecular flexibility index (Phi) is 4.79. The lowest BCUT2D eigenvalue weighted by Gasteiger charge is -2.05. The number of benzene rings is 1. The third-order valence-electron chi connectivity index (χ3n) is 1.83. The van der Waals surface area contributed by atoms with E-state index in [4.69, 9.17) is 11.6 Å². The van der Waals surface area contributed by atoms with Gasteiger partial charge in [0.2, 0.25) is 5.91 Å². The fraction of sp³-hybridized carbons (Fsp3) is 0.273. The summed E-state index contributed by atoms with van der Waals surface area (Å²) in [7, 11) is 0. The molecule has 0 atom stereocenters. The molecule has 0 unspecified atom stereocenters. The van der Waals surface area contributed by atoms with Gasteiger partial charge in [0.15, 0.2) is 0 Å². The van der Waals surface area contributed by atoms with Crippen molar-refractivity contribution < 1.29 is 9.59 Å². The monoisotopic (exact) mass is 240 g/mol. The molecule has 0 fully saturated rings. The van der Waals surface area contributed by atoms with Gasteiger partial charge in [-0.15, -0.1) is 0 Å². The van der Waals surface area contributed by atoms with Crippen molar-refractivity contribution in [3.8, 4) is 0 Å². The van der Waals surface area contributed by atoms with Crippen LogP contribution in [0.1, 0.15) is 19.8 Å². The highest BCUT2D eigenvalue weighted by Crippen LogP contribution is 2.12. The van der Waals surface area contributed by atoms with E-state index in [0.717, 1.165) is 0 Å². The van der Waals surface area contributed by atoms with Gasteiger partial charge in [0, 0.05) is 17.1 Å². The van der Waals surface area contributed by atoms with Crippen LogP contribution in [-0.2, 0) is 4.79 Å². The minimum atomic E-state index is -0.527. The van der Waals surface area contributed by atoms with Crippen LogP contribution in [0.15, 0.2) is 24.3 Å². The van der Waals surface area contributed by atoms with Crippen LogP contribution in [0, 0.1) is 0 Å². The van der Waals surface area contributed by atoms with E-state index in [1.54, 1.807) is 24.3 Å². The number of anilines is 1. The topological polar surface area (TPSA) is 58.2 Å². The Morgan fingerprint density at radius 1 is 1.25 bits per heavy atom. The van der Waals surface area contributed by atoms with Crippen LogP contribution in [-0.4, -0.2) is 11.9 Å². The lowest BCUT2D eigenvalue weighted by atomic mass is 10.3. The van der Waals surface area contributed by atoms with Crippen molar-refractivity contribution in [2.24, 2.45) is 0 Å². The van der Waals surface area contributed by atoms with Crippen molar-refractivity contribution in [2.75, 3.05) is 5.32 Å². The second-order valence-electron chi connectivity index (χ2n) is 3.26. The van der Waals surface area contributed by atoms with Gasteiger partial charge in [-0.1, -0.05) is 18.5 Å². The first-order valence-corrected chi connectivity index (χ1v) is 5.36. The average molecular weight is 241 g/mol. The fourth-order valence-corrected chi connectivity index (χ4v) is 1.24. The summed E-state index contributed by atoms with van der Waals surface area (Å²) in [5, 5.41) is 5.34. The number of hydrogen-bond donors (Lipinski definition) is 2. The van der Waals surface area contributed by atoms with Crippen LogP contribution in [0.4, 0.5) is 10.5 Å². The van der Waals surface area contributed by atoms with Gasteiger partial charge in [-0.2, -0.15) is 0 Å². The highest BCUT2D eigenvalue weighted by atomic mass is 35.5. The van der Waals surface area contributed by atoms with Crippen molar-refractivity contribution in [1.82, 2.24) is 5.32 Å². The Labute approximate surface area is 99.0 Å². The maximum Gasteiger partial charge on any atom is 0.325 e. The summed E-state index contributed by atoms with van der Waals surface area (Å²) in [6, 6.07) is 6.11. The highest BCUT2D eigenvalue weighted by Gasteiger charge is 2.06. The maximum absolute atomic E-state index is 11.3. The Morgan fingerprint density at radius 2 is 1.88 bits per heavy atom. The molecule has 1 aromatic rings. The van der Waals surface area contributed by atoms with E-state index in [9.17, 15) is 9.59 Å². The summed E-state index contributed by atoms with van der Waals surface area (Å²) in [5.74, 6) is -0.283. The van der Waals surface area contributed by atoms with Crippen molar-refractivity contribution in [3.63, 3.8) is 0 Å². The smallest absolute Gasteiger partial charge is 0.308 e. The van der Waals surface area contributed by atoms with Gasteiger partial charge >= 0.3 is 6.03 Å². The van der Waals surface area contributed by atoms with Crippen LogP contribution in [0.2, 0.25) is 5.02 Å². The molecule has 0 spiro atoms. The van der Waals surface area contributed by atoms with E-state index in [0.29, 0.717) is 23.6 Å². The van der Waals surface area contributed by atoms with Crippen molar-refractivity contribution in [3.05, 3.63) is 29.3 Å². The van der Waals surface area contributed by atoms with Gasteiger partial charge in [-0.3, -0.25) is 10.1 Å². The zero-order valence-corrected chi connectivity index (χ0v) is 9.67. The van der Waals surface area contributed by atoms with Crippen molar-refractivity contribution >= 4 is 29.2 Å². The first kappa shape index (κ1) is 12.5. The molecule has 3 amide bonds. The quantitative estimate of drug-likeness (QED) is 0.854. The normalized spacial score (nSPS) is 9.62. The third-order valence-corrected chi connectivity index (χ3v) is 2.08. The molecule has 0 aliphatic rings. The minimum Gasteiger partial charge on any atom is -0.308 e. The highest BCUT2D eigenvalue weighted by molar-refractivity contribution is 6.30. The molecule has 1 aromatic carbocycles. The van der Waals surface area contributed by atoms with Crippen LogP contribution in [0.3, 0.4) is 0 Å². The molecule has 0 aliphatic heterocycles. The van der Waals surface area contributed by atoms with Gasteiger partial charge in [-0.25, -0.2) is 4.79 Å². The first-order chi connectivity index (χ1) is 7.61. The second-order valence-corrected chi connectivity index (χ2v) is 3.70. The van der Waals surface area contributed by atoms with Gasteiger partial charge in [0.1, 0.15) is 0 Å². The van der Waals surface area contributed by atoms with Gasteiger partial charge < -0.3 is 5.32 Å². The molecule has 0 saturated heterocycles. The van der Waals surface area contributed by atoms with Crippen LogP contribution in [0.25, 0.3) is 0 Å². The molecule has 0 radical (unpaired) electrons. The standard InChI is InChI=1S/C11H13ClN2O2/c1-2-3-10(15)14-11(16)13-9-6-4-8(12)5-7-9/h4-7H,2-3H2,1H3,(H2,13,14,15,16). The number of carbonyl (C=O) groups is 2. The van der Waals surface area contributed by atoms with Crippen LogP contribution < -0.4 is 10.6 Å². The minimum absolute atomic E-state index is 0.283. The molecule has 5 heteroatoms. The first-order valence-electron chi connectivity index (χ1n) is 4.98. The molecular formula is C11H13ClN2O2. The molecule has 2 N–H and O–H groups in total. The number of amides is 3. The third kappa shape index (κ3) is 4.31. The molecular weight excluding hydrogens is 228 g/mol. The van der Waals surface area contributed by atoms with E-state index >= 15 is 0 Å². The Hall–Kier alpha value is -1.55. The zero-order chi connectivity index (χ0) is 12.0. The second kappa shape index (κ2) is 6.12. The van der Waals surface area contributed by atoms with E-state index in [1.165, 1.54) is 0 Å². The Balaban J connectivity index is 2.45. The van der Waals surface area contributed by atoms with Gasteiger partial charge in [0.25, 0.3) is 0 Å². The average Bonchev–Trinajstić information content (AvgIpc) is 2.21. The number of rotatable bonds is 3. The lowest BCUT2D eigenvalue weighted by Crippen LogP contribution is -2.34. The predicted octanol–water partition coefficient (Wildman–Crippen LogP) is 2.79. The summed E-state index contributed by atoms with van der Waals surface area (Å²) >= 11 is 5.69. The number of carbonyl (C=O) groups excluding carboxylic acids is 2. The summed E-state index contributed by atoms with van der Waals surface area (Å²) < 4.78 is 0. The van der Waals surface area contributed by atoms with Crippen LogP contribution >= 0.6 is 11.6 Å². The van der Waals surface area contributed by atoms with Crippen molar-refractivity contribution in [1.29, 1.82) is 0 Å². The van der Waals surface area contributed by atoms with E-state index < -0.39 is 6.03 Å². The molecule has 0 heterocycles. The molecule has 86 valence electrons. The maximum atomic E-state index is 11.3. The lowest BCUT2D eigenvalue weighted by molar-refractivity contribution is -0.119. The number of halogens is 1. The molecule has 0 aliphatic carbocycles. The van der Waals surface area contributed by atoms with Crippen LogP contribution in [0.5, 0.6) is 0 Å². The summed E-state index contributed by atoms with van der Waals surface area (Å²) in [6.07, 6.45) is 1.05. The SMILES string of the molecule is CCCC(=O)NC(=O)Nc1ccc(Cl)cc1. The van der Waals surface area contributed by atoms with Crippen molar-refractivity contribution in [2.45, 2.75) is 19.8 Å². The summed E-state index contributed by atoms with van der Waals surface area (Å²) in [5.41, 5.74) is 0.589. The molecule has 0 aromatic heterocycles. The predicted molar refractivity (Wildman–Crippen MR) is 63.5 cm³/mol. The van der Waals surface area contributed by atoms with E-state index in [-0.39, 0.29) is 5.91 Å². The van der Waals surface area contributed by atoms with Gasteiger partial charge in [-0.05, 0) is 30.7 Å². The summed E-state index contributed by atoms with van der Waals surface area (Å²) in [4.78, 5) is 22.4. The van der Waals surface area contributed by atoms with E-state index in [1.807, 2.05) is 6.92 Å². The number of imide groups is 1. The number of nitrogens with one attached hydrogen (secondary N) is 2. The number of hydrogen-bond acceptors (Lipinski definition) is 2. The zero-order valence-electron chi connectivity index (χ0n) is 8.92. The molecule has 4 nitrogen and oxygen atoms in total. The fourth-order valence-electron chi connectivity index (χ4n) is 1.11. The Bertz CT molecular complexity index is 376. The van der Waals surface area contributed by atoms with E-state index in [2.05, 4.69) is 10.6 Å².